The molecule has 0 unspecified atom stereocenters. The summed E-state index contributed by atoms with van der Waals surface area (Å²) in [6, 6.07) is 7.45. The van der Waals surface area contributed by atoms with Gasteiger partial charge in [0.1, 0.15) is 4.90 Å². The Morgan fingerprint density at radius 3 is 2.28 bits per heavy atom. The van der Waals surface area contributed by atoms with Crippen LogP contribution < -0.4 is 9.44 Å². The van der Waals surface area contributed by atoms with Gasteiger partial charge in [-0.15, -0.1) is 5.10 Å². The average Bonchev–Trinajstić information content (AvgIpc) is 2.98. The van der Waals surface area contributed by atoms with E-state index in [1.165, 1.54) is 28.8 Å². The lowest BCUT2D eigenvalue weighted by Gasteiger charge is -2.21. The molecule has 156 valence electrons. The van der Waals surface area contributed by atoms with Crippen LogP contribution in [0.25, 0.3) is 5.78 Å². The molecule has 0 aliphatic carbocycles. The first-order valence-electron chi connectivity index (χ1n) is 8.65. The van der Waals surface area contributed by atoms with E-state index < -0.39 is 30.7 Å². The third kappa shape index (κ3) is 4.54. The first kappa shape index (κ1) is 21.1. The fourth-order valence-corrected chi connectivity index (χ4v) is 5.29. The van der Waals surface area contributed by atoms with E-state index in [-0.39, 0.29) is 16.4 Å². The van der Waals surface area contributed by atoms with E-state index in [0.717, 1.165) is 0 Å². The second-order valence-electron chi connectivity index (χ2n) is 7.60. The predicted octanol–water partition coefficient (Wildman–Crippen LogP) is 1.62. The summed E-state index contributed by atoms with van der Waals surface area (Å²) >= 11 is 0. The quantitative estimate of drug-likeness (QED) is 0.618. The highest BCUT2D eigenvalue weighted by molar-refractivity contribution is 7.93. The maximum absolute atomic E-state index is 12.8. The number of sulfonamides is 2. The van der Waals surface area contributed by atoms with Gasteiger partial charge >= 0.3 is 0 Å². The summed E-state index contributed by atoms with van der Waals surface area (Å²) in [5, 5.41) is 3.50. The second kappa shape index (κ2) is 7.04. The SMILES string of the molecule is Cc1cc(C)n2nc(S(=O)(=O)Nc3ccccc3S(=O)(=O)NC(C)(C)C)nc2n1. The van der Waals surface area contributed by atoms with Gasteiger partial charge < -0.3 is 0 Å². The molecule has 0 amide bonds. The zero-order chi connectivity index (χ0) is 21.6. The molecule has 2 N–H and O–H groups in total. The molecular formula is C17H22N6O4S2. The van der Waals surface area contributed by atoms with Gasteiger partial charge in [-0.1, -0.05) is 12.1 Å². The van der Waals surface area contributed by atoms with Crippen LogP contribution in [0.2, 0.25) is 0 Å². The van der Waals surface area contributed by atoms with Crippen molar-refractivity contribution in [3.05, 3.63) is 41.7 Å². The zero-order valence-electron chi connectivity index (χ0n) is 16.6. The van der Waals surface area contributed by atoms with E-state index in [1.807, 2.05) is 0 Å². The molecule has 3 rings (SSSR count). The van der Waals surface area contributed by atoms with Gasteiger partial charge in [-0.3, -0.25) is 4.72 Å². The lowest BCUT2D eigenvalue weighted by molar-refractivity contribution is 0.492. The normalized spacial score (nSPS) is 13.0. The van der Waals surface area contributed by atoms with Crippen molar-refractivity contribution in [1.82, 2.24) is 24.3 Å². The Morgan fingerprint density at radius 1 is 0.966 bits per heavy atom. The maximum atomic E-state index is 12.8. The van der Waals surface area contributed by atoms with Crippen molar-refractivity contribution in [1.29, 1.82) is 0 Å². The minimum Gasteiger partial charge on any atom is -0.276 e. The van der Waals surface area contributed by atoms with Crippen molar-refractivity contribution >= 4 is 31.5 Å². The van der Waals surface area contributed by atoms with E-state index in [0.29, 0.717) is 11.4 Å². The molecule has 0 saturated heterocycles. The Kier molecular flexibility index (Phi) is 5.13. The average molecular weight is 439 g/mol. The number of aromatic nitrogens is 4. The fourth-order valence-electron chi connectivity index (χ4n) is 2.70. The summed E-state index contributed by atoms with van der Waals surface area (Å²) < 4.78 is 57.2. The highest BCUT2D eigenvalue weighted by Crippen LogP contribution is 2.24. The largest absolute Gasteiger partial charge is 0.299 e. The number of fused-ring (bicyclic) bond motifs is 1. The lowest BCUT2D eigenvalue weighted by atomic mass is 10.1. The number of aryl methyl sites for hydroxylation is 2. The van der Waals surface area contributed by atoms with Gasteiger partial charge in [0.15, 0.2) is 0 Å². The molecule has 0 bridgehead atoms. The van der Waals surface area contributed by atoms with Crippen molar-refractivity contribution in [3.63, 3.8) is 0 Å². The predicted molar refractivity (Wildman–Crippen MR) is 108 cm³/mol. The summed E-state index contributed by atoms with van der Waals surface area (Å²) in [6.07, 6.45) is 0. The molecule has 2 heterocycles. The maximum Gasteiger partial charge on any atom is 0.299 e. The summed E-state index contributed by atoms with van der Waals surface area (Å²) in [7, 11) is -8.23. The van der Waals surface area contributed by atoms with Crippen molar-refractivity contribution in [3.8, 4) is 0 Å². The standard InChI is InChI=1S/C17H22N6O4S2/c1-11-10-12(2)23-15(18-11)19-16(20-23)29(26,27)21-13-8-6-7-9-14(13)28(24,25)22-17(3,4)5/h6-10,21-22H,1-5H3. The van der Waals surface area contributed by atoms with Crippen molar-refractivity contribution in [2.75, 3.05) is 4.72 Å². The molecule has 0 saturated carbocycles. The zero-order valence-corrected chi connectivity index (χ0v) is 18.3. The Morgan fingerprint density at radius 2 is 1.62 bits per heavy atom. The molecule has 0 radical (unpaired) electrons. The number of nitrogens with zero attached hydrogens (tertiary/aromatic N) is 4. The Hall–Kier alpha value is -2.57. The molecule has 10 nitrogen and oxygen atoms in total. The van der Waals surface area contributed by atoms with E-state index in [2.05, 4.69) is 24.5 Å². The number of nitrogens with one attached hydrogen (secondary N) is 2. The number of anilines is 1. The summed E-state index contributed by atoms with van der Waals surface area (Å²) in [5.74, 6) is 0.137. The first-order chi connectivity index (χ1) is 13.3. The van der Waals surface area contributed by atoms with Crippen LogP contribution in [0.15, 0.2) is 40.4 Å². The van der Waals surface area contributed by atoms with Crippen LogP contribution in [0.3, 0.4) is 0 Å². The Balaban J connectivity index is 2.04. The van der Waals surface area contributed by atoms with Crippen molar-refractivity contribution < 1.29 is 16.8 Å². The van der Waals surface area contributed by atoms with Gasteiger partial charge in [0, 0.05) is 16.9 Å². The van der Waals surface area contributed by atoms with E-state index in [1.54, 1.807) is 40.7 Å². The smallest absolute Gasteiger partial charge is 0.276 e. The van der Waals surface area contributed by atoms with Gasteiger partial charge in [0.2, 0.25) is 10.0 Å². The van der Waals surface area contributed by atoms with Crippen LogP contribution in [0, 0.1) is 13.8 Å². The Bertz CT molecular complexity index is 1290. The molecule has 0 atom stereocenters. The van der Waals surface area contributed by atoms with Crippen molar-refractivity contribution in [2.24, 2.45) is 0 Å². The number of para-hydroxylation sites is 1. The summed E-state index contributed by atoms with van der Waals surface area (Å²) in [6.45, 7) is 8.58. The molecule has 12 heteroatoms. The van der Waals surface area contributed by atoms with Gasteiger partial charge in [-0.2, -0.15) is 13.4 Å². The third-order valence-corrected chi connectivity index (χ3v) is 6.66. The summed E-state index contributed by atoms with van der Waals surface area (Å²) in [4.78, 5) is 7.94. The number of rotatable bonds is 5. The monoisotopic (exact) mass is 438 g/mol. The molecule has 2 aromatic heterocycles. The van der Waals surface area contributed by atoms with Crippen LogP contribution in [0.1, 0.15) is 32.2 Å². The number of hydrogen-bond acceptors (Lipinski definition) is 7. The van der Waals surface area contributed by atoms with Crippen LogP contribution in [-0.2, 0) is 20.0 Å². The molecule has 0 fully saturated rings. The van der Waals surface area contributed by atoms with Crippen LogP contribution in [-0.4, -0.2) is 42.0 Å². The van der Waals surface area contributed by atoms with Crippen LogP contribution in [0.4, 0.5) is 5.69 Å². The topological polar surface area (TPSA) is 135 Å². The van der Waals surface area contributed by atoms with Gasteiger partial charge in [0.05, 0.1) is 5.69 Å². The first-order valence-corrected chi connectivity index (χ1v) is 11.6. The highest BCUT2D eigenvalue weighted by Gasteiger charge is 2.28. The molecule has 0 aliphatic rings. The van der Waals surface area contributed by atoms with Crippen LogP contribution in [0.5, 0.6) is 0 Å². The van der Waals surface area contributed by atoms with E-state index in [4.69, 9.17) is 0 Å². The number of hydrogen-bond donors (Lipinski definition) is 2. The third-order valence-electron chi connectivity index (χ3n) is 3.70. The van der Waals surface area contributed by atoms with Gasteiger partial charge in [0.25, 0.3) is 21.0 Å². The molecule has 29 heavy (non-hydrogen) atoms. The number of benzene rings is 1. The fraction of sp³-hybridized carbons (Fsp3) is 0.353. The van der Waals surface area contributed by atoms with Gasteiger partial charge in [-0.05, 0) is 52.8 Å². The minimum atomic E-state index is -4.26. The minimum absolute atomic E-state index is 0.107. The highest BCUT2D eigenvalue weighted by atomic mass is 32.2. The van der Waals surface area contributed by atoms with E-state index >= 15 is 0 Å². The molecule has 0 spiro atoms. The van der Waals surface area contributed by atoms with Crippen LogP contribution >= 0.6 is 0 Å². The van der Waals surface area contributed by atoms with Crippen molar-refractivity contribution in [2.45, 2.75) is 50.2 Å². The van der Waals surface area contributed by atoms with Gasteiger partial charge in [-0.25, -0.2) is 22.6 Å². The molecule has 3 aromatic rings. The molecular weight excluding hydrogens is 416 g/mol. The lowest BCUT2D eigenvalue weighted by Crippen LogP contribution is -2.40. The molecule has 1 aromatic carbocycles. The van der Waals surface area contributed by atoms with E-state index in [9.17, 15) is 16.8 Å². The Labute approximate surface area is 169 Å². The molecule has 0 aliphatic heterocycles. The summed E-state index contributed by atoms with van der Waals surface area (Å²) in [5.41, 5.74) is 0.487. The second-order valence-corrected chi connectivity index (χ2v) is 10.8.